The molecule has 0 radical (unpaired) electrons. The van der Waals surface area contributed by atoms with Gasteiger partial charge in [-0.2, -0.15) is 0 Å². The lowest BCUT2D eigenvalue weighted by atomic mass is 9.38. The molecule has 2 spiro atoms. The molecule has 1 saturated heterocycles. The summed E-state index contributed by atoms with van der Waals surface area (Å²) in [5.41, 5.74) is 5.80. The van der Waals surface area contributed by atoms with Crippen LogP contribution in [0.4, 0.5) is 0 Å². The Morgan fingerprint density at radius 2 is 1.64 bits per heavy atom. The van der Waals surface area contributed by atoms with Gasteiger partial charge in [-0.05, 0) is 96.0 Å². The smallest absolute Gasteiger partial charge is 0.250 e. The number of rotatable bonds is 2. The summed E-state index contributed by atoms with van der Waals surface area (Å²) in [6.45, 7) is 12.4. The molecule has 0 aromatic heterocycles. The molecule has 174 valence electrons. The Morgan fingerprint density at radius 1 is 0.909 bits per heavy atom. The van der Waals surface area contributed by atoms with Crippen LogP contribution in [0.1, 0.15) is 57.6 Å². The van der Waals surface area contributed by atoms with E-state index in [1.165, 1.54) is 47.9 Å². The van der Waals surface area contributed by atoms with Crippen molar-refractivity contribution >= 4 is 8.32 Å². The molecule has 4 bridgehead atoms. The highest BCUT2D eigenvalue weighted by atomic mass is 28.4. The topological polar surface area (TPSA) is 27.7 Å². The second-order valence-corrected chi connectivity index (χ2v) is 17.8. The van der Waals surface area contributed by atoms with Gasteiger partial charge in [0, 0.05) is 11.3 Å². The molecule has 0 N–H and O–H groups in total. The van der Waals surface area contributed by atoms with Crippen LogP contribution in [-0.4, -0.2) is 20.5 Å². The van der Waals surface area contributed by atoms with Crippen molar-refractivity contribution in [3.05, 3.63) is 53.6 Å². The zero-order valence-electron chi connectivity index (χ0n) is 20.6. The van der Waals surface area contributed by atoms with Crippen LogP contribution < -0.4 is 4.43 Å². The minimum atomic E-state index is -1.92. The van der Waals surface area contributed by atoms with Crippen molar-refractivity contribution in [2.24, 2.45) is 23.7 Å². The van der Waals surface area contributed by atoms with Gasteiger partial charge in [-0.25, -0.2) is 9.78 Å². The van der Waals surface area contributed by atoms with Gasteiger partial charge >= 0.3 is 0 Å². The normalized spacial score (nSPS) is 37.8. The molecular formula is C29H36O3Si. The van der Waals surface area contributed by atoms with Crippen molar-refractivity contribution < 1.29 is 14.2 Å². The van der Waals surface area contributed by atoms with Crippen LogP contribution in [0.5, 0.6) is 5.75 Å². The molecule has 4 saturated carbocycles. The van der Waals surface area contributed by atoms with Crippen molar-refractivity contribution in [3.63, 3.8) is 0 Å². The van der Waals surface area contributed by atoms with Gasteiger partial charge in [0.1, 0.15) is 18.0 Å². The largest absolute Gasteiger partial charge is 0.543 e. The molecule has 6 unspecified atom stereocenters. The first-order chi connectivity index (χ1) is 15.7. The van der Waals surface area contributed by atoms with E-state index in [9.17, 15) is 0 Å². The average Bonchev–Trinajstić information content (AvgIpc) is 3.00. The Bertz CT molecular complexity index is 1140. The fraction of sp³-hybridized carbons (Fsp3) is 0.586. The molecule has 1 heterocycles. The first-order valence-corrected chi connectivity index (χ1v) is 15.8. The summed E-state index contributed by atoms with van der Waals surface area (Å²) in [5.74, 6) is 3.73. The molecule has 5 aliphatic carbocycles. The summed E-state index contributed by atoms with van der Waals surface area (Å²) in [6.07, 6.45) is 5.20. The van der Waals surface area contributed by atoms with Crippen LogP contribution in [0, 0.1) is 23.7 Å². The molecular weight excluding hydrogens is 424 g/mol. The van der Waals surface area contributed by atoms with Gasteiger partial charge in [0.25, 0.3) is 0 Å². The van der Waals surface area contributed by atoms with Gasteiger partial charge in [-0.1, -0.05) is 51.1 Å². The Morgan fingerprint density at radius 3 is 2.36 bits per heavy atom. The van der Waals surface area contributed by atoms with E-state index in [1.54, 1.807) is 0 Å². The third-order valence-electron chi connectivity index (χ3n) is 10.6. The monoisotopic (exact) mass is 460 g/mol. The summed E-state index contributed by atoms with van der Waals surface area (Å²) in [7, 11) is -1.92. The fourth-order valence-corrected chi connectivity index (χ4v) is 9.29. The van der Waals surface area contributed by atoms with Gasteiger partial charge in [-0.15, -0.1) is 0 Å². The molecule has 6 aliphatic rings. The molecule has 8 rings (SSSR count). The standard InChI is InChI=1S/C29H36O3Si/c1-27(2,3)33(4,5)31-21-10-11-23-22-8-6-7-9-24(22)29(25(23)16-21)20-13-18-12-19(15-20)28(17-30-32-28)26(29)14-18/h6-11,16,18-20,26H,12-15,17H2,1-5H3. The summed E-state index contributed by atoms with van der Waals surface area (Å²) in [5, 5.41) is 0.177. The van der Waals surface area contributed by atoms with Crippen LogP contribution in [0.25, 0.3) is 11.1 Å². The Hall–Kier alpha value is -1.62. The molecule has 2 aromatic rings. The van der Waals surface area contributed by atoms with E-state index >= 15 is 0 Å². The SMILES string of the molecule is CC(C)(C)[Si](C)(C)Oc1ccc2c(c1)C1(c3ccccc3-2)C2CC3CC(C2)C2(COO2)C1C3. The molecule has 6 atom stereocenters. The van der Waals surface area contributed by atoms with Crippen molar-refractivity contribution in [3.8, 4) is 16.9 Å². The molecule has 1 aliphatic heterocycles. The number of hydrogen-bond donors (Lipinski definition) is 0. The van der Waals surface area contributed by atoms with E-state index in [1.807, 2.05) is 0 Å². The zero-order valence-corrected chi connectivity index (χ0v) is 21.6. The number of fused-ring (bicyclic) bond motifs is 3. The molecule has 3 nitrogen and oxygen atoms in total. The lowest BCUT2D eigenvalue weighted by Crippen LogP contribution is -2.73. The first-order valence-electron chi connectivity index (χ1n) is 12.9. The van der Waals surface area contributed by atoms with Crippen molar-refractivity contribution in [2.75, 3.05) is 6.61 Å². The van der Waals surface area contributed by atoms with Gasteiger partial charge in [0.2, 0.25) is 8.32 Å². The first kappa shape index (κ1) is 20.7. The molecule has 4 heteroatoms. The van der Waals surface area contributed by atoms with Crippen molar-refractivity contribution in [2.45, 2.75) is 75.6 Å². The highest BCUT2D eigenvalue weighted by Gasteiger charge is 2.73. The molecule has 33 heavy (non-hydrogen) atoms. The highest BCUT2D eigenvalue weighted by Crippen LogP contribution is 2.73. The maximum atomic E-state index is 6.85. The van der Waals surface area contributed by atoms with E-state index in [0.717, 1.165) is 18.3 Å². The van der Waals surface area contributed by atoms with Crippen molar-refractivity contribution in [1.29, 1.82) is 0 Å². The summed E-state index contributed by atoms with van der Waals surface area (Å²) in [6, 6.07) is 16.2. The van der Waals surface area contributed by atoms with Gasteiger partial charge in [0.05, 0.1) is 0 Å². The van der Waals surface area contributed by atoms with Crippen LogP contribution in [0.15, 0.2) is 42.5 Å². The maximum Gasteiger partial charge on any atom is 0.250 e. The molecule has 5 fully saturated rings. The van der Waals surface area contributed by atoms with Crippen LogP contribution in [0.2, 0.25) is 18.1 Å². The van der Waals surface area contributed by atoms with E-state index in [0.29, 0.717) is 17.8 Å². The summed E-state index contributed by atoms with van der Waals surface area (Å²) >= 11 is 0. The molecule has 0 amide bonds. The van der Waals surface area contributed by atoms with E-state index in [2.05, 4.69) is 76.3 Å². The average molecular weight is 461 g/mol. The lowest BCUT2D eigenvalue weighted by molar-refractivity contribution is -0.515. The predicted molar refractivity (Wildman–Crippen MR) is 133 cm³/mol. The zero-order chi connectivity index (χ0) is 22.8. The Kier molecular flexibility index (Phi) is 3.97. The van der Waals surface area contributed by atoms with Crippen LogP contribution >= 0.6 is 0 Å². The van der Waals surface area contributed by atoms with Gasteiger partial charge in [-0.3, -0.25) is 0 Å². The predicted octanol–water partition coefficient (Wildman–Crippen LogP) is 7.10. The lowest BCUT2D eigenvalue weighted by Gasteiger charge is -2.69. The number of hydrogen-bond acceptors (Lipinski definition) is 3. The minimum absolute atomic E-state index is 0.0237. The third kappa shape index (κ3) is 2.43. The Labute approximate surface area is 198 Å². The van der Waals surface area contributed by atoms with Crippen LogP contribution in [-0.2, 0) is 15.2 Å². The quantitative estimate of drug-likeness (QED) is 0.353. The van der Waals surface area contributed by atoms with Gasteiger partial charge in [0.15, 0.2) is 0 Å². The minimum Gasteiger partial charge on any atom is -0.543 e. The van der Waals surface area contributed by atoms with E-state index < -0.39 is 8.32 Å². The summed E-state index contributed by atoms with van der Waals surface area (Å²) < 4.78 is 6.85. The van der Waals surface area contributed by atoms with E-state index in [4.69, 9.17) is 14.2 Å². The third-order valence-corrected chi connectivity index (χ3v) is 15.0. The van der Waals surface area contributed by atoms with Crippen molar-refractivity contribution in [1.82, 2.24) is 0 Å². The van der Waals surface area contributed by atoms with Gasteiger partial charge < -0.3 is 4.43 Å². The van der Waals surface area contributed by atoms with E-state index in [-0.39, 0.29) is 16.1 Å². The second kappa shape index (κ2) is 6.33. The second-order valence-electron chi connectivity index (χ2n) is 13.0. The number of benzene rings is 2. The fourth-order valence-electron chi connectivity index (χ4n) is 8.26. The Balaban J connectivity index is 1.43. The molecule has 2 aromatic carbocycles. The van der Waals surface area contributed by atoms with Crippen LogP contribution in [0.3, 0.4) is 0 Å². The highest BCUT2D eigenvalue weighted by molar-refractivity contribution is 6.74. The maximum absolute atomic E-state index is 6.85. The summed E-state index contributed by atoms with van der Waals surface area (Å²) in [4.78, 5) is 11.6.